The van der Waals surface area contributed by atoms with Crippen LogP contribution in [-0.2, 0) is 12.7 Å². The summed E-state index contributed by atoms with van der Waals surface area (Å²) in [5, 5.41) is 0. The Kier molecular flexibility index (Phi) is 4.49. The number of halogens is 4. The van der Waals surface area contributed by atoms with Crippen molar-refractivity contribution in [1.29, 1.82) is 0 Å². The molecule has 25 heavy (non-hydrogen) atoms. The van der Waals surface area contributed by atoms with Gasteiger partial charge in [0, 0.05) is 12.7 Å². The van der Waals surface area contributed by atoms with Crippen LogP contribution in [0.4, 0.5) is 17.6 Å². The molecule has 1 fully saturated rings. The Hall–Kier alpha value is -2.44. The number of nitrogens with zero attached hydrogens (tertiary/aromatic N) is 2. The van der Waals surface area contributed by atoms with E-state index in [2.05, 4.69) is 4.99 Å². The summed E-state index contributed by atoms with van der Waals surface area (Å²) >= 11 is 0. The van der Waals surface area contributed by atoms with Gasteiger partial charge >= 0.3 is 6.18 Å². The predicted octanol–water partition coefficient (Wildman–Crippen LogP) is 4.11. The highest BCUT2D eigenvalue weighted by Gasteiger charge is 2.35. The number of aromatic nitrogens is 1. The van der Waals surface area contributed by atoms with Crippen LogP contribution < -0.4 is 5.49 Å². The lowest BCUT2D eigenvalue weighted by Crippen LogP contribution is -2.23. The van der Waals surface area contributed by atoms with Crippen LogP contribution in [0, 0.1) is 18.7 Å². The third-order valence-electron chi connectivity index (χ3n) is 4.07. The summed E-state index contributed by atoms with van der Waals surface area (Å²) in [4.78, 5) is 16.2. The molecule has 1 aromatic carbocycles. The Balaban J connectivity index is 2.02. The van der Waals surface area contributed by atoms with Crippen molar-refractivity contribution < 1.29 is 22.4 Å². The number of rotatable bonds is 3. The molecule has 2 aromatic rings. The van der Waals surface area contributed by atoms with Crippen molar-refractivity contribution in [2.75, 3.05) is 0 Å². The first-order chi connectivity index (χ1) is 11.8. The van der Waals surface area contributed by atoms with Crippen LogP contribution in [-0.4, -0.2) is 10.5 Å². The third kappa shape index (κ3) is 3.97. The fourth-order valence-corrected chi connectivity index (χ4v) is 2.53. The van der Waals surface area contributed by atoms with Crippen molar-refractivity contribution >= 4 is 5.91 Å². The zero-order chi connectivity index (χ0) is 18.2. The van der Waals surface area contributed by atoms with Crippen molar-refractivity contribution in [3.05, 3.63) is 64.5 Å². The van der Waals surface area contributed by atoms with Crippen LogP contribution in [0.1, 0.15) is 34.3 Å². The maximum Gasteiger partial charge on any atom is 0.419 e. The predicted molar refractivity (Wildman–Crippen MR) is 83.2 cm³/mol. The van der Waals surface area contributed by atoms with E-state index in [9.17, 15) is 22.4 Å². The van der Waals surface area contributed by atoms with Crippen molar-refractivity contribution in [1.82, 2.24) is 4.57 Å². The molecule has 3 nitrogen and oxygen atoms in total. The average Bonchev–Trinajstić information content (AvgIpc) is 3.33. The second-order valence-electron chi connectivity index (χ2n) is 6.24. The molecular weight excluding hydrogens is 336 g/mol. The van der Waals surface area contributed by atoms with Gasteiger partial charge < -0.3 is 4.57 Å². The molecule has 0 N–H and O–H groups in total. The van der Waals surface area contributed by atoms with Gasteiger partial charge in [0.15, 0.2) is 0 Å². The normalized spacial score (nSPS) is 15.5. The van der Waals surface area contributed by atoms with Gasteiger partial charge in [-0.2, -0.15) is 18.2 Å². The quantitative estimate of drug-likeness (QED) is 0.766. The van der Waals surface area contributed by atoms with E-state index in [0.717, 1.165) is 30.5 Å². The minimum Gasteiger partial charge on any atom is -0.333 e. The molecule has 7 heteroatoms. The van der Waals surface area contributed by atoms with Gasteiger partial charge in [0.2, 0.25) is 0 Å². The Morgan fingerprint density at radius 2 is 2.00 bits per heavy atom. The second kappa shape index (κ2) is 6.46. The molecule has 0 radical (unpaired) electrons. The maximum atomic E-state index is 14.1. The Morgan fingerprint density at radius 3 is 2.64 bits per heavy atom. The molecule has 1 aliphatic rings. The Bertz CT molecular complexity index is 879. The first-order valence-corrected chi connectivity index (χ1v) is 7.87. The summed E-state index contributed by atoms with van der Waals surface area (Å²) in [5.74, 6) is -2.11. The number of aryl methyl sites for hydroxylation is 1. The molecule has 3 rings (SSSR count). The number of benzene rings is 1. The summed E-state index contributed by atoms with van der Waals surface area (Å²) in [6.45, 7) is 2.49. The fourth-order valence-electron chi connectivity index (χ4n) is 2.53. The molecule has 0 spiro atoms. The van der Waals surface area contributed by atoms with Gasteiger partial charge in [-0.25, -0.2) is 4.39 Å². The summed E-state index contributed by atoms with van der Waals surface area (Å²) in [6.07, 6.45) is -0.898. The Morgan fingerprint density at radius 1 is 1.28 bits per heavy atom. The Labute approximate surface area is 141 Å². The number of carbonyl (C=O) groups is 1. The summed E-state index contributed by atoms with van der Waals surface area (Å²) < 4.78 is 54.3. The molecule has 0 bridgehead atoms. The molecule has 0 saturated heterocycles. The molecular formula is C18H16F4N2O. The van der Waals surface area contributed by atoms with Crippen molar-refractivity contribution in [3.8, 4) is 0 Å². The molecule has 0 aliphatic heterocycles. The van der Waals surface area contributed by atoms with E-state index in [0.29, 0.717) is 24.0 Å². The minimum absolute atomic E-state index is 0.314. The lowest BCUT2D eigenvalue weighted by Gasteiger charge is -2.10. The number of amides is 1. The maximum absolute atomic E-state index is 14.1. The molecule has 1 heterocycles. The largest absolute Gasteiger partial charge is 0.419 e. The molecule has 1 aliphatic carbocycles. The van der Waals surface area contributed by atoms with E-state index in [-0.39, 0.29) is 0 Å². The van der Waals surface area contributed by atoms with E-state index in [4.69, 9.17) is 0 Å². The van der Waals surface area contributed by atoms with Gasteiger partial charge in [-0.05, 0) is 55.5 Å². The lowest BCUT2D eigenvalue weighted by molar-refractivity contribution is -0.140. The number of pyridine rings is 1. The topological polar surface area (TPSA) is 34.4 Å². The highest BCUT2D eigenvalue weighted by molar-refractivity contribution is 5.95. The summed E-state index contributed by atoms with van der Waals surface area (Å²) in [7, 11) is 0. The monoisotopic (exact) mass is 352 g/mol. The van der Waals surface area contributed by atoms with Gasteiger partial charge in [-0.1, -0.05) is 6.07 Å². The highest BCUT2D eigenvalue weighted by Crippen LogP contribution is 2.32. The number of hydrogen-bond donors (Lipinski definition) is 0. The van der Waals surface area contributed by atoms with Crippen LogP contribution in [0.3, 0.4) is 0 Å². The highest BCUT2D eigenvalue weighted by atomic mass is 19.4. The second-order valence-corrected chi connectivity index (χ2v) is 6.24. The molecule has 1 aromatic heterocycles. The first kappa shape index (κ1) is 17.4. The van der Waals surface area contributed by atoms with E-state index in [1.54, 1.807) is 16.8 Å². The van der Waals surface area contributed by atoms with Crippen LogP contribution in [0.2, 0.25) is 0 Å². The molecule has 1 amide bonds. The zero-order valence-electron chi connectivity index (χ0n) is 13.5. The molecule has 132 valence electrons. The van der Waals surface area contributed by atoms with Crippen LogP contribution in [0.5, 0.6) is 0 Å². The van der Waals surface area contributed by atoms with Crippen molar-refractivity contribution in [3.63, 3.8) is 0 Å². The van der Waals surface area contributed by atoms with Gasteiger partial charge in [-0.3, -0.25) is 4.79 Å². The van der Waals surface area contributed by atoms with Gasteiger partial charge in [0.05, 0.1) is 11.1 Å². The molecule has 1 saturated carbocycles. The van der Waals surface area contributed by atoms with E-state index >= 15 is 0 Å². The van der Waals surface area contributed by atoms with Gasteiger partial charge in [0.25, 0.3) is 5.91 Å². The van der Waals surface area contributed by atoms with Crippen molar-refractivity contribution in [2.45, 2.75) is 32.5 Å². The van der Waals surface area contributed by atoms with Crippen LogP contribution in [0.25, 0.3) is 0 Å². The first-order valence-electron chi connectivity index (χ1n) is 7.87. The number of carbonyl (C=O) groups excluding carboxylic acids is 1. The van der Waals surface area contributed by atoms with Gasteiger partial charge in [-0.15, -0.1) is 0 Å². The van der Waals surface area contributed by atoms with Crippen LogP contribution >= 0.6 is 0 Å². The van der Waals surface area contributed by atoms with Crippen LogP contribution in [0.15, 0.2) is 41.5 Å². The zero-order valence-corrected chi connectivity index (χ0v) is 13.5. The van der Waals surface area contributed by atoms with E-state index in [1.165, 1.54) is 0 Å². The standard InChI is InChI=1S/C18H16F4N2O/c1-11-7-8-24(10-12-5-6-12)15(9-11)23-17(25)13-3-2-4-14(16(13)19)18(20,21)22/h2-4,7-9,12H,5-6,10H2,1H3/b23-15+. The molecule has 0 unspecified atom stereocenters. The summed E-state index contributed by atoms with van der Waals surface area (Å²) in [6, 6.07) is 6.13. The number of alkyl halides is 3. The van der Waals surface area contributed by atoms with E-state index < -0.39 is 29.0 Å². The smallest absolute Gasteiger partial charge is 0.333 e. The molecule has 0 atom stereocenters. The fraction of sp³-hybridized carbons (Fsp3) is 0.333. The van der Waals surface area contributed by atoms with Crippen molar-refractivity contribution in [2.24, 2.45) is 10.9 Å². The van der Waals surface area contributed by atoms with E-state index in [1.807, 2.05) is 13.0 Å². The minimum atomic E-state index is -4.87. The lowest BCUT2D eigenvalue weighted by atomic mass is 10.1. The average molecular weight is 352 g/mol. The van der Waals surface area contributed by atoms with Gasteiger partial charge in [0.1, 0.15) is 11.3 Å². The SMILES string of the molecule is Cc1ccn(CC2CC2)/c(=N/C(=O)c2cccc(C(F)(F)F)c2F)c1. The third-order valence-corrected chi connectivity index (χ3v) is 4.07. The summed E-state index contributed by atoms with van der Waals surface area (Å²) in [5.41, 5.74) is -0.991. The number of hydrogen-bond acceptors (Lipinski definition) is 1.